The first-order chi connectivity index (χ1) is 15.1. The highest BCUT2D eigenvalue weighted by Crippen LogP contribution is 2.41. The molecule has 1 aliphatic rings. The number of aliphatic hydroxyl groups excluding tert-OH is 1. The van der Waals surface area contributed by atoms with Crippen molar-refractivity contribution in [2.24, 2.45) is 0 Å². The fourth-order valence-corrected chi connectivity index (χ4v) is 4.63. The van der Waals surface area contributed by atoms with Gasteiger partial charge in [0.2, 0.25) is 0 Å². The van der Waals surface area contributed by atoms with Gasteiger partial charge in [0.25, 0.3) is 0 Å². The lowest BCUT2D eigenvalue weighted by Gasteiger charge is -2.45. The number of para-hydroxylation sites is 2. The number of benzene rings is 3. The molecule has 0 bridgehead atoms. The summed E-state index contributed by atoms with van der Waals surface area (Å²) in [5.41, 5.74) is 5.61. The van der Waals surface area contributed by atoms with Gasteiger partial charge in [0.1, 0.15) is 6.67 Å². The summed E-state index contributed by atoms with van der Waals surface area (Å²) in [6.07, 6.45) is -0.126. The molecule has 0 saturated carbocycles. The summed E-state index contributed by atoms with van der Waals surface area (Å²) < 4.78 is 13.2. The van der Waals surface area contributed by atoms with Crippen molar-refractivity contribution in [1.29, 1.82) is 0 Å². The van der Waals surface area contributed by atoms with Crippen LogP contribution in [0.1, 0.15) is 29.7 Å². The van der Waals surface area contributed by atoms with Crippen LogP contribution >= 0.6 is 11.6 Å². The summed E-state index contributed by atoms with van der Waals surface area (Å²) in [6.45, 7) is 3.10. The number of aliphatic hydroxyl groups is 1. The van der Waals surface area contributed by atoms with Crippen molar-refractivity contribution >= 4 is 23.0 Å². The zero-order chi connectivity index (χ0) is 21.8. The molecule has 1 heterocycles. The molecule has 3 nitrogen and oxygen atoms in total. The van der Waals surface area contributed by atoms with E-state index in [1.807, 2.05) is 36.4 Å². The van der Waals surface area contributed by atoms with E-state index in [0.717, 1.165) is 47.0 Å². The first-order valence-corrected chi connectivity index (χ1v) is 11.2. The van der Waals surface area contributed by atoms with Gasteiger partial charge in [-0.25, -0.2) is 4.39 Å². The van der Waals surface area contributed by atoms with Gasteiger partial charge in [-0.1, -0.05) is 73.1 Å². The average Bonchev–Trinajstić information content (AvgIpc) is 2.82. The number of alkyl halides is 1. The number of fused-ring (bicyclic) bond motifs is 1. The summed E-state index contributed by atoms with van der Waals surface area (Å²) in [5.74, 6) is 0. The van der Waals surface area contributed by atoms with E-state index < -0.39 is 12.8 Å². The molecule has 4 rings (SSSR count). The molecular formula is C26H28ClFN2O. The van der Waals surface area contributed by atoms with E-state index in [0.29, 0.717) is 0 Å². The Morgan fingerprint density at radius 1 is 1.03 bits per heavy atom. The first kappa shape index (κ1) is 21.7. The molecule has 3 aromatic rings. The van der Waals surface area contributed by atoms with Crippen LogP contribution in [0.2, 0.25) is 5.02 Å². The minimum Gasteiger partial charge on any atom is -0.389 e. The highest BCUT2D eigenvalue weighted by molar-refractivity contribution is 6.31. The molecule has 31 heavy (non-hydrogen) atoms. The van der Waals surface area contributed by atoms with E-state index in [1.165, 1.54) is 5.56 Å². The Bertz CT molecular complexity index is 1010. The molecule has 5 heteroatoms. The summed E-state index contributed by atoms with van der Waals surface area (Å²) in [5, 5.41) is 10.9. The molecule has 0 aromatic heterocycles. The third kappa shape index (κ3) is 4.70. The van der Waals surface area contributed by atoms with Crippen LogP contribution in [0, 0.1) is 0 Å². The van der Waals surface area contributed by atoms with E-state index >= 15 is 0 Å². The Labute approximate surface area is 188 Å². The molecule has 0 saturated heterocycles. The summed E-state index contributed by atoms with van der Waals surface area (Å²) in [6, 6.07) is 24.7. The van der Waals surface area contributed by atoms with Crippen LogP contribution in [0.4, 0.5) is 15.8 Å². The number of β-amino-alcohol motifs (C(OH)–C–C–N with tert-alkyl or cyclic N) is 1. The molecule has 2 atom stereocenters. The fourth-order valence-electron chi connectivity index (χ4n) is 4.38. The molecule has 0 spiro atoms. The maximum atomic E-state index is 13.2. The lowest BCUT2D eigenvalue weighted by atomic mass is 9.98. The molecule has 0 unspecified atom stereocenters. The van der Waals surface area contributed by atoms with Gasteiger partial charge >= 0.3 is 0 Å². The highest BCUT2D eigenvalue weighted by Gasteiger charge is 2.32. The Balaban J connectivity index is 1.73. The van der Waals surface area contributed by atoms with Crippen LogP contribution in [0.3, 0.4) is 0 Å². The van der Waals surface area contributed by atoms with Gasteiger partial charge in [-0.2, -0.15) is 0 Å². The van der Waals surface area contributed by atoms with Crippen molar-refractivity contribution in [3.63, 3.8) is 0 Å². The van der Waals surface area contributed by atoms with E-state index in [4.69, 9.17) is 11.6 Å². The first-order valence-electron chi connectivity index (χ1n) is 10.8. The zero-order valence-corrected chi connectivity index (χ0v) is 18.5. The standard InChI is InChI=1S/C26H28ClFN2O/c1-2-20-14-19(12-13-23(20)27)16-29-18-26(21-8-4-3-5-9-21)30(17-22(31)15-28)25-11-7-6-10-24(25)29/h3-14,22,26,31H,2,15-18H2,1H3/t22-,26-/m0/s1. The summed E-state index contributed by atoms with van der Waals surface area (Å²) in [4.78, 5) is 4.51. The second-order valence-electron chi connectivity index (χ2n) is 8.04. The van der Waals surface area contributed by atoms with Crippen molar-refractivity contribution < 1.29 is 9.50 Å². The van der Waals surface area contributed by atoms with Crippen LogP contribution in [-0.2, 0) is 13.0 Å². The summed E-state index contributed by atoms with van der Waals surface area (Å²) in [7, 11) is 0. The van der Waals surface area contributed by atoms with Crippen LogP contribution in [0.15, 0.2) is 72.8 Å². The number of hydrogen-bond acceptors (Lipinski definition) is 3. The van der Waals surface area contributed by atoms with E-state index in [9.17, 15) is 9.50 Å². The molecular weight excluding hydrogens is 411 g/mol. The second kappa shape index (κ2) is 9.71. The predicted octanol–water partition coefficient (Wildman–Crippen LogP) is 5.80. The van der Waals surface area contributed by atoms with Crippen LogP contribution in [0.25, 0.3) is 0 Å². The van der Waals surface area contributed by atoms with Crippen LogP contribution in [0.5, 0.6) is 0 Å². The number of aryl methyl sites for hydroxylation is 1. The van der Waals surface area contributed by atoms with Gasteiger partial charge in [-0.15, -0.1) is 0 Å². The Kier molecular flexibility index (Phi) is 6.79. The summed E-state index contributed by atoms with van der Waals surface area (Å²) >= 11 is 6.33. The molecule has 3 aromatic carbocycles. The van der Waals surface area contributed by atoms with Gasteiger partial charge in [0.05, 0.1) is 23.5 Å². The van der Waals surface area contributed by atoms with Gasteiger partial charge in [-0.05, 0) is 41.3 Å². The van der Waals surface area contributed by atoms with E-state index in [2.05, 4.69) is 53.1 Å². The van der Waals surface area contributed by atoms with Crippen molar-refractivity contribution in [3.8, 4) is 0 Å². The third-order valence-electron chi connectivity index (χ3n) is 5.94. The average molecular weight is 439 g/mol. The van der Waals surface area contributed by atoms with Crippen LogP contribution < -0.4 is 9.80 Å². The van der Waals surface area contributed by atoms with Crippen LogP contribution in [-0.4, -0.2) is 31.0 Å². The number of halogens is 2. The number of anilines is 2. The SMILES string of the molecule is CCc1cc(CN2C[C@@H](c3ccccc3)N(C[C@@H](O)CF)c3ccccc32)ccc1Cl. The molecule has 0 fully saturated rings. The van der Waals surface area contributed by atoms with Gasteiger partial charge in [0.15, 0.2) is 0 Å². The predicted molar refractivity (Wildman–Crippen MR) is 127 cm³/mol. The number of nitrogens with zero attached hydrogens (tertiary/aromatic N) is 2. The van der Waals surface area contributed by atoms with Crippen molar-refractivity contribution in [1.82, 2.24) is 0 Å². The number of hydrogen-bond donors (Lipinski definition) is 1. The van der Waals surface area contributed by atoms with E-state index in [-0.39, 0.29) is 12.6 Å². The largest absolute Gasteiger partial charge is 0.389 e. The monoisotopic (exact) mass is 438 g/mol. The van der Waals surface area contributed by atoms with E-state index in [1.54, 1.807) is 0 Å². The molecule has 0 amide bonds. The van der Waals surface area contributed by atoms with Gasteiger partial charge < -0.3 is 14.9 Å². The normalized spacial score (nSPS) is 16.8. The topological polar surface area (TPSA) is 26.7 Å². The zero-order valence-electron chi connectivity index (χ0n) is 17.7. The molecule has 0 radical (unpaired) electrons. The quantitative estimate of drug-likeness (QED) is 0.505. The lowest BCUT2D eigenvalue weighted by molar-refractivity contribution is 0.142. The van der Waals surface area contributed by atoms with Crippen molar-refractivity contribution in [2.75, 3.05) is 29.6 Å². The van der Waals surface area contributed by atoms with Gasteiger partial charge in [0, 0.05) is 24.7 Å². The van der Waals surface area contributed by atoms with Crippen molar-refractivity contribution in [3.05, 3.63) is 94.5 Å². The molecule has 162 valence electrons. The maximum Gasteiger partial charge on any atom is 0.117 e. The Hall–Kier alpha value is -2.56. The number of rotatable bonds is 7. The minimum absolute atomic E-state index is 0.00949. The Morgan fingerprint density at radius 2 is 1.74 bits per heavy atom. The molecule has 0 aliphatic carbocycles. The maximum absolute atomic E-state index is 13.2. The highest BCUT2D eigenvalue weighted by atomic mass is 35.5. The minimum atomic E-state index is -1.02. The smallest absolute Gasteiger partial charge is 0.117 e. The lowest BCUT2D eigenvalue weighted by Crippen LogP contribution is -2.46. The van der Waals surface area contributed by atoms with Gasteiger partial charge in [-0.3, -0.25) is 0 Å². The molecule has 1 aliphatic heterocycles. The second-order valence-corrected chi connectivity index (χ2v) is 8.44. The fraction of sp³-hybridized carbons (Fsp3) is 0.308. The third-order valence-corrected chi connectivity index (χ3v) is 6.30. The molecule has 1 N–H and O–H groups in total. The van der Waals surface area contributed by atoms with Crippen molar-refractivity contribution in [2.45, 2.75) is 32.0 Å². The Morgan fingerprint density at radius 3 is 2.45 bits per heavy atom.